The van der Waals surface area contributed by atoms with Gasteiger partial charge in [0.05, 0.1) is 13.5 Å². The lowest BCUT2D eigenvalue weighted by Gasteiger charge is -2.16. The molecule has 0 bridgehead atoms. The van der Waals surface area contributed by atoms with E-state index < -0.39 is 29.6 Å². The maximum absolute atomic E-state index is 13.1. The average molecular weight is 327 g/mol. The van der Waals surface area contributed by atoms with Crippen molar-refractivity contribution < 1.29 is 23.1 Å². The molecular formula is C17H23F2NO3. The van der Waals surface area contributed by atoms with Crippen molar-refractivity contribution >= 4 is 11.9 Å². The molecule has 6 heteroatoms. The molecular weight excluding hydrogens is 304 g/mol. The lowest BCUT2D eigenvalue weighted by Crippen LogP contribution is -2.42. The fourth-order valence-corrected chi connectivity index (χ4v) is 2.31. The summed E-state index contributed by atoms with van der Waals surface area (Å²) in [6.07, 6.45) is 4.18. The topological polar surface area (TPSA) is 55.4 Å². The Morgan fingerprint density at radius 2 is 1.78 bits per heavy atom. The summed E-state index contributed by atoms with van der Waals surface area (Å²) in [4.78, 5) is 23.7. The first-order chi connectivity index (χ1) is 11.0. The Labute approximate surface area is 135 Å². The van der Waals surface area contributed by atoms with E-state index >= 15 is 0 Å². The fourth-order valence-electron chi connectivity index (χ4n) is 2.31. The molecule has 0 heterocycles. The van der Waals surface area contributed by atoms with Crippen molar-refractivity contribution in [1.29, 1.82) is 0 Å². The standard InChI is InChI=1S/C17H23F2NO3/c1-3-4-5-6-7-15(17(22)23-2)20-16(21)10-12-8-13(18)11-14(19)9-12/h8-9,11,15H,3-7,10H2,1-2H3,(H,20,21)/t15-/m1/s1. The average Bonchev–Trinajstić information content (AvgIpc) is 2.48. The largest absolute Gasteiger partial charge is 0.467 e. The Bertz CT molecular complexity index is 514. The number of rotatable bonds is 9. The zero-order valence-corrected chi connectivity index (χ0v) is 13.5. The number of hydrogen-bond donors (Lipinski definition) is 1. The Morgan fingerprint density at radius 1 is 1.13 bits per heavy atom. The summed E-state index contributed by atoms with van der Waals surface area (Å²) in [6.45, 7) is 2.08. The number of methoxy groups -OCH3 is 1. The molecule has 0 aliphatic rings. The number of carbonyl (C=O) groups excluding carboxylic acids is 2. The number of halogens is 2. The van der Waals surface area contributed by atoms with Gasteiger partial charge in [-0.15, -0.1) is 0 Å². The number of esters is 1. The molecule has 0 saturated heterocycles. The minimum Gasteiger partial charge on any atom is -0.467 e. The van der Waals surface area contributed by atoms with E-state index in [1.54, 1.807) is 0 Å². The summed E-state index contributed by atoms with van der Waals surface area (Å²) in [5.74, 6) is -2.46. The second-order valence-corrected chi connectivity index (χ2v) is 5.45. The van der Waals surface area contributed by atoms with Crippen LogP contribution in [0.15, 0.2) is 18.2 Å². The third-order valence-electron chi connectivity index (χ3n) is 3.45. The van der Waals surface area contributed by atoms with Gasteiger partial charge in [0, 0.05) is 6.07 Å². The third kappa shape index (κ3) is 7.21. The summed E-state index contributed by atoms with van der Waals surface area (Å²) in [5, 5.41) is 2.57. The van der Waals surface area contributed by atoms with Crippen LogP contribution in [0.2, 0.25) is 0 Å². The van der Waals surface area contributed by atoms with E-state index in [1.807, 2.05) is 0 Å². The van der Waals surface area contributed by atoms with Crippen molar-refractivity contribution in [3.05, 3.63) is 35.4 Å². The molecule has 0 aliphatic heterocycles. The van der Waals surface area contributed by atoms with Gasteiger partial charge in [-0.1, -0.05) is 32.6 Å². The first-order valence-corrected chi connectivity index (χ1v) is 7.78. The fraction of sp³-hybridized carbons (Fsp3) is 0.529. The van der Waals surface area contributed by atoms with Gasteiger partial charge in [-0.3, -0.25) is 4.79 Å². The number of nitrogens with one attached hydrogen (secondary N) is 1. The molecule has 0 radical (unpaired) electrons. The number of amides is 1. The molecule has 1 amide bonds. The minimum absolute atomic E-state index is 0.197. The highest BCUT2D eigenvalue weighted by Crippen LogP contribution is 2.10. The molecule has 1 rings (SSSR count). The molecule has 0 aliphatic carbocycles. The molecule has 0 spiro atoms. The number of benzene rings is 1. The summed E-state index contributed by atoms with van der Waals surface area (Å²) in [6, 6.07) is 2.20. The van der Waals surface area contributed by atoms with E-state index in [0.29, 0.717) is 6.42 Å². The second-order valence-electron chi connectivity index (χ2n) is 5.45. The lowest BCUT2D eigenvalue weighted by atomic mass is 10.1. The Balaban J connectivity index is 2.59. The minimum atomic E-state index is -0.739. The molecule has 1 N–H and O–H groups in total. The van der Waals surface area contributed by atoms with Crippen molar-refractivity contribution in [3.63, 3.8) is 0 Å². The first kappa shape index (κ1) is 19.1. The number of ether oxygens (including phenoxy) is 1. The number of carbonyl (C=O) groups is 2. The van der Waals surface area contributed by atoms with Crippen molar-refractivity contribution in [3.8, 4) is 0 Å². The Hall–Kier alpha value is -1.98. The van der Waals surface area contributed by atoms with Crippen LogP contribution >= 0.6 is 0 Å². The van der Waals surface area contributed by atoms with Crippen LogP contribution in [0.5, 0.6) is 0 Å². The van der Waals surface area contributed by atoms with Crippen LogP contribution in [-0.2, 0) is 20.7 Å². The van der Waals surface area contributed by atoms with Gasteiger partial charge in [0.1, 0.15) is 17.7 Å². The molecule has 0 unspecified atom stereocenters. The van der Waals surface area contributed by atoms with Crippen LogP contribution in [0.3, 0.4) is 0 Å². The van der Waals surface area contributed by atoms with Gasteiger partial charge in [-0.05, 0) is 24.1 Å². The van der Waals surface area contributed by atoms with Gasteiger partial charge in [-0.2, -0.15) is 0 Å². The van der Waals surface area contributed by atoms with Crippen LogP contribution < -0.4 is 5.32 Å². The van der Waals surface area contributed by atoms with Crippen LogP contribution in [0.4, 0.5) is 8.78 Å². The molecule has 1 aromatic carbocycles. The van der Waals surface area contributed by atoms with E-state index in [9.17, 15) is 18.4 Å². The van der Waals surface area contributed by atoms with Crippen LogP contribution in [-0.4, -0.2) is 25.0 Å². The van der Waals surface area contributed by atoms with Crippen molar-refractivity contribution in [2.45, 2.75) is 51.5 Å². The molecule has 1 atom stereocenters. The van der Waals surface area contributed by atoms with E-state index in [-0.39, 0.29) is 12.0 Å². The Kier molecular flexibility index (Phi) is 8.22. The maximum Gasteiger partial charge on any atom is 0.328 e. The highest BCUT2D eigenvalue weighted by Gasteiger charge is 2.21. The van der Waals surface area contributed by atoms with Crippen LogP contribution in [0.25, 0.3) is 0 Å². The van der Waals surface area contributed by atoms with Crippen LogP contribution in [0, 0.1) is 11.6 Å². The van der Waals surface area contributed by atoms with Gasteiger partial charge in [-0.25, -0.2) is 13.6 Å². The molecule has 0 fully saturated rings. The smallest absolute Gasteiger partial charge is 0.328 e. The highest BCUT2D eigenvalue weighted by atomic mass is 19.1. The highest BCUT2D eigenvalue weighted by molar-refractivity contribution is 5.85. The number of hydrogen-bond acceptors (Lipinski definition) is 3. The molecule has 23 heavy (non-hydrogen) atoms. The monoisotopic (exact) mass is 327 g/mol. The summed E-state index contributed by atoms with van der Waals surface area (Å²) < 4.78 is 30.9. The van der Waals surface area contributed by atoms with Crippen LogP contribution in [0.1, 0.15) is 44.6 Å². The predicted octanol–water partition coefficient (Wildman–Crippen LogP) is 3.14. The summed E-state index contributed by atoms with van der Waals surface area (Å²) in [5.41, 5.74) is 0.217. The van der Waals surface area contributed by atoms with E-state index in [4.69, 9.17) is 0 Å². The van der Waals surface area contributed by atoms with Crippen molar-refractivity contribution in [1.82, 2.24) is 5.32 Å². The van der Waals surface area contributed by atoms with E-state index in [1.165, 1.54) is 7.11 Å². The summed E-state index contributed by atoms with van der Waals surface area (Å²) in [7, 11) is 1.26. The third-order valence-corrected chi connectivity index (χ3v) is 3.45. The van der Waals surface area contributed by atoms with Gasteiger partial charge >= 0.3 is 5.97 Å². The molecule has 128 valence electrons. The second kappa shape index (κ2) is 9.92. The Morgan fingerprint density at radius 3 is 2.35 bits per heavy atom. The molecule has 4 nitrogen and oxygen atoms in total. The molecule has 0 aromatic heterocycles. The first-order valence-electron chi connectivity index (χ1n) is 7.78. The lowest BCUT2D eigenvalue weighted by molar-refractivity contribution is -0.145. The van der Waals surface area contributed by atoms with E-state index in [0.717, 1.165) is 43.9 Å². The number of unbranched alkanes of at least 4 members (excludes halogenated alkanes) is 3. The van der Waals surface area contributed by atoms with Gasteiger partial charge in [0.2, 0.25) is 5.91 Å². The van der Waals surface area contributed by atoms with Gasteiger partial charge in [0.15, 0.2) is 0 Å². The van der Waals surface area contributed by atoms with Crippen molar-refractivity contribution in [2.75, 3.05) is 7.11 Å². The zero-order valence-electron chi connectivity index (χ0n) is 13.5. The van der Waals surface area contributed by atoms with Gasteiger partial charge in [0.25, 0.3) is 0 Å². The molecule has 1 aromatic rings. The molecule has 0 saturated carbocycles. The SMILES string of the molecule is CCCCCC[C@@H](NC(=O)Cc1cc(F)cc(F)c1)C(=O)OC. The normalized spacial score (nSPS) is 11.8. The zero-order chi connectivity index (χ0) is 17.2. The maximum atomic E-state index is 13.1. The van der Waals surface area contributed by atoms with Gasteiger partial charge < -0.3 is 10.1 Å². The van der Waals surface area contributed by atoms with E-state index in [2.05, 4.69) is 17.0 Å². The quantitative estimate of drug-likeness (QED) is 0.560. The summed E-state index contributed by atoms with van der Waals surface area (Å²) >= 11 is 0. The van der Waals surface area contributed by atoms with Crippen molar-refractivity contribution in [2.24, 2.45) is 0 Å². The predicted molar refractivity (Wildman–Crippen MR) is 82.8 cm³/mol.